The van der Waals surface area contributed by atoms with E-state index in [0.29, 0.717) is 5.00 Å². The second kappa shape index (κ2) is 7.21. The van der Waals surface area contributed by atoms with E-state index in [9.17, 15) is 9.18 Å². The number of aromatic carboxylic acids is 1. The third-order valence-electron chi connectivity index (χ3n) is 1.95. The Morgan fingerprint density at radius 3 is 2.68 bits per heavy atom. The zero-order chi connectivity index (χ0) is 12.4. The normalized spacial score (nSPS) is 9.16. The van der Waals surface area contributed by atoms with Crippen molar-refractivity contribution in [3.63, 3.8) is 0 Å². The van der Waals surface area contributed by atoms with Crippen LogP contribution in [0.2, 0.25) is 0 Å². The molecule has 2 aromatic rings. The van der Waals surface area contributed by atoms with Crippen molar-refractivity contribution in [3.05, 3.63) is 35.4 Å². The summed E-state index contributed by atoms with van der Waals surface area (Å²) >= 11 is 1.18. The summed E-state index contributed by atoms with van der Waals surface area (Å²) in [6.45, 7) is 1.82. The Labute approximate surface area is 124 Å². The van der Waals surface area contributed by atoms with E-state index in [-0.39, 0.29) is 35.7 Å². The third-order valence-corrected chi connectivity index (χ3v) is 2.75. The number of pyridine rings is 1. The number of halogens is 1. The smallest absolute Gasteiger partial charge is 0.870 e. The molecule has 0 saturated heterocycles. The van der Waals surface area contributed by atoms with Gasteiger partial charge in [-0.3, -0.25) is 0 Å². The van der Waals surface area contributed by atoms with Crippen LogP contribution in [-0.4, -0.2) is 25.9 Å². The quantitative estimate of drug-likeness (QED) is 0.715. The van der Waals surface area contributed by atoms with Gasteiger partial charge in [0.15, 0.2) is 0 Å². The Balaban J connectivity index is 0.00000162. The second-order valence-electron chi connectivity index (χ2n) is 3.31. The van der Waals surface area contributed by atoms with E-state index in [1.165, 1.54) is 11.5 Å². The van der Waals surface area contributed by atoms with E-state index in [2.05, 4.69) is 14.7 Å². The molecule has 0 bridgehead atoms. The van der Waals surface area contributed by atoms with Crippen LogP contribution >= 0.6 is 11.5 Å². The topological polar surface area (TPSA) is 105 Å². The summed E-state index contributed by atoms with van der Waals surface area (Å²) in [5.41, 5.74) is 0.604. The Morgan fingerprint density at radius 1 is 1.47 bits per heavy atom. The summed E-state index contributed by atoms with van der Waals surface area (Å²) in [7, 11) is 0. The van der Waals surface area contributed by atoms with E-state index >= 15 is 0 Å². The molecular weight excluding hydrogens is 268 g/mol. The molecule has 0 unspecified atom stereocenters. The van der Waals surface area contributed by atoms with E-state index in [0.717, 1.165) is 18.0 Å². The van der Waals surface area contributed by atoms with Gasteiger partial charge in [0.1, 0.15) is 22.2 Å². The first-order valence-corrected chi connectivity index (χ1v) is 5.43. The van der Waals surface area contributed by atoms with Gasteiger partial charge in [-0.25, -0.2) is 14.2 Å². The fourth-order valence-electron chi connectivity index (χ4n) is 1.24. The minimum absolute atomic E-state index is 0. The van der Waals surface area contributed by atoms with Crippen molar-refractivity contribution in [2.45, 2.75) is 6.92 Å². The molecule has 0 aliphatic carbocycles. The summed E-state index contributed by atoms with van der Waals surface area (Å²) in [4.78, 5) is 14.6. The van der Waals surface area contributed by atoms with Crippen molar-refractivity contribution in [3.8, 4) is 0 Å². The van der Waals surface area contributed by atoms with Crippen LogP contribution in [0.1, 0.15) is 16.1 Å². The predicted octanol–water partition coefficient (Wildman–Crippen LogP) is -0.745. The Hall–Kier alpha value is -1.46. The molecule has 0 radical (unpaired) electrons. The monoisotopic (exact) mass is 277 g/mol. The van der Waals surface area contributed by atoms with E-state index < -0.39 is 11.8 Å². The van der Waals surface area contributed by atoms with E-state index in [1.54, 1.807) is 6.07 Å². The van der Waals surface area contributed by atoms with Crippen LogP contribution in [0.4, 0.5) is 15.2 Å². The van der Waals surface area contributed by atoms with Crippen LogP contribution in [-0.2, 0) is 0 Å². The van der Waals surface area contributed by atoms with Crippen molar-refractivity contribution in [1.29, 1.82) is 0 Å². The first-order chi connectivity index (χ1) is 8.06. The maximum Gasteiger partial charge on any atom is 1.00 e. The fraction of sp³-hybridized carbons (Fsp3) is 0.100. The summed E-state index contributed by atoms with van der Waals surface area (Å²) in [6.07, 6.45) is 0.961. The third kappa shape index (κ3) is 4.29. The number of nitrogens with zero attached hydrogens (tertiary/aromatic N) is 2. The standard InChI is InChI=1S/C10H8FN3O2S.Li.H2O/c1-5-2-8(17-14-5)13-9-7(10(15)16)3-6(11)4-12-9;;/h2-4H,1H3,(H,12,13)(H,15,16);;1H2/q;+1;/p-1. The average molecular weight is 277 g/mol. The molecule has 3 N–H and O–H groups in total. The van der Waals surface area contributed by atoms with Gasteiger partial charge in [-0.2, -0.15) is 4.37 Å². The molecule has 0 aliphatic rings. The zero-order valence-corrected chi connectivity index (χ0v) is 11.0. The number of anilines is 2. The molecule has 19 heavy (non-hydrogen) atoms. The molecule has 0 fully saturated rings. The Bertz CT molecular complexity index is 579. The van der Waals surface area contributed by atoms with Crippen molar-refractivity contribution >= 4 is 28.3 Å². The zero-order valence-electron chi connectivity index (χ0n) is 10.2. The molecule has 0 aliphatic heterocycles. The number of nitrogens with one attached hydrogen (secondary N) is 1. The SMILES string of the molecule is Cc1cc(Nc2ncc(F)cc2C(=O)O)sn1.[Li+].[OH-]. The van der Waals surface area contributed by atoms with Crippen LogP contribution in [0.3, 0.4) is 0 Å². The molecule has 2 rings (SSSR count). The van der Waals surface area contributed by atoms with Crippen molar-refractivity contribution in [2.75, 3.05) is 5.32 Å². The summed E-state index contributed by atoms with van der Waals surface area (Å²) in [5.74, 6) is -1.82. The minimum Gasteiger partial charge on any atom is -0.870 e. The molecule has 9 heteroatoms. The van der Waals surface area contributed by atoms with Gasteiger partial charge in [0.05, 0.1) is 11.9 Å². The Morgan fingerprint density at radius 2 is 2.16 bits per heavy atom. The molecule has 96 valence electrons. The molecule has 0 saturated carbocycles. The average Bonchev–Trinajstić information content (AvgIpc) is 2.66. The van der Waals surface area contributed by atoms with E-state index in [4.69, 9.17) is 5.11 Å². The van der Waals surface area contributed by atoms with Crippen LogP contribution in [0.5, 0.6) is 0 Å². The fourth-order valence-corrected chi connectivity index (χ4v) is 1.90. The molecule has 0 atom stereocenters. The summed E-state index contributed by atoms with van der Waals surface area (Å²) in [5, 5.41) is 12.4. The predicted molar refractivity (Wildman–Crippen MR) is 63.2 cm³/mol. The number of hydrogen-bond acceptors (Lipinski definition) is 6. The van der Waals surface area contributed by atoms with Crippen LogP contribution in [0, 0.1) is 12.7 Å². The number of carboxylic acids is 1. The molecule has 2 aromatic heterocycles. The van der Waals surface area contributed by atoms with E-state index in [1.807, 2.05) is 6.92 Å². The minimum atomic E-state index is -1.24. The number of carboxylic acid groups (broad SMARTS) is 1. The summed E-state index contributed by atoms with van der Waals surface area (Å²) < 4.78 is 16.9. The Kier molecular flexibility index (Phi) is 6.65. The van der Waals surface area contributed by atoms with Crippen molar-refractivity contribution < 1.29 is 38.6 Å². The van der Waals surface area contributed by atoms with Gasteiger partial charge < -0.3 is 15.9 Å². The molecule has 0 amide bonds. The van der Waals surface area contributed by atoms with Gasteiger partial charge in [0.2, 0.25) is 0 Å². The summed E-state index contributed by atoms with van der Waals surface area (Å²) in [6, 6.07) is 2.67. The number of carbonyl (C=O) groups is 1. The molecule has 0 aromatic carbocycles. The van der Waals surface area contributed by atoms with Crippen LogP contribution in [0.15, 0.2) is 18.3 Å². The number of aromatic nitrogens is 2. The number of hydrogen-bond donors (Lipinski definition) is 2. The maximum atomic E-state index is 12.9. The van der Waals surface area contributed by atoms with Gasteiger partial charge >= 0.3 is 24.8 Å². The van der Waals surface area contributed by atoms with Crippen LogP contribution in [0.25, 0.3) is 0 Å². The van der Waals surface area contributed by atoms with Crippen molar-refractivity contribution in [1.82, 2.24) is 9.36 Å². The van der Waals surface area contributed by atoms with Gasteiger partial charge in [0.25, 0.3) is 0 Å². The van der Waals surface area contributed by atoms with Crippen LogP contribution < -0.4 is 24.2 Å². The van der Waals surface area contributed by atoms with Gasteiger partial charge in [-0.1, -0.05) is 0 Å². The first-order valence-electron chi connectivity index (χ1n) is 4.65. The second-order valence-corrected chi connectivity index (χ2v) is 4.12. The van der Waals surface area contributed by atoms with Crippen molar-refractivity contribution in [2.24, 2.45) is 0 Å². The number of rotatable bonds is 3. The first kappa shape index (κ1) is 17.5. The molecular formula is C10H9FLiN3O3S. The maximum absolute atomic E-state index is 12.9. The number of aryl methyl sites for hydroxylation is 1. The van der Waals surface area contributed by atoms with Gasteiger partial charge in [0, 0.05) is 0 Å². The molecule has 6 nitrogen and oxygen atoms in total. The van der Waals surface area contributed by atoms with Gasteiger partial charge in [-0.05, 0) is 30.6 Å². The molecule has 0 spiro atoms. The van der Waals surface area contributed by atoms with Gasteiger partial charge in [-0.15, -0.1) is 0 Å². The molecule has 2 heterocycles. The largest absolute Gasteiger partial charge is 1.00 e.